The normalized spacial score (nSPS) is 12.1. The Morgan fingerprint density at radius 3 is 2.20 bits per heavy atom. The zero-order valence-electron chi connectivity index (χ0n) is 8.05. The van der Waals surface area contributed by atoms with Gasteiger partial charge in [0.1, 0.15) is 5.69 Å². The van der Waals surface area contributed by atoms with Crippen molar-refractivity contribution in [1.82, 2.24) is 9.55 Å². The maximum absolute atomic E-state index is 12.2. The Morgan fingerprint density at radius 2 is 1.87 bits per heavy atom. The van der Waals surface area contributed by atoms with Crippen molar-refractivity contribution in [3.8, 4) is 0 Å². The summed E-state index contributed by atoms with van der Waals surface area (Å²) in [4.78, 5) is 24.0. The van der Waals surface area contributed by atoms with E-state index in [2.05, 4.69) is 0 Å². The maximum Gasteiger partial charge on any atom is 0.431 e. The van der Waals surface area contributed by atoms with E-state index in [9.17, 15) is 22.8 Å². The molecular formula is C8H9F3N2O2. The first-order valence-electron chi connectivity index (χ1n) is 4.16. The number of aromatic nitrogens is 2. The Hall–Kier alpha value is -1.53. The van der Waals surface area contributed by atoms with Crippen LogP contribution in [-0.2, 0) is 6.18 Å². The molecule has 0 radical (unpaired) electrons. The van der Waals surface area contributed by atoms with E-state index in [0.717, 1.165) is 4.57 Å². The first-order valence-corrected chi connectivity index (χ1v) is 4.16. The fourth-order valence-corrected chi connectivity index (χ4v) is 1.15. The Bertz CT molecular complexity index is 439. The van der Waals surface area contributed by atoms with Crippen LogP contribution < -0.4 is 11.2 Å². The highest BCUT2D eigenvalue weighted by Crippen LogP contribution is 2.25. The first kappa shape index (κ1) is 11.5. The molecule has 0 aliphatic carbocycles. The fourth-order valence-electron chi connectivity index (χ4n) is 1.15. The van der Waals surface area contributed by atoms with Crippen LogP contribution in [0, 0.1) is 0 Å². The standard InChI is InChI=1S/C8H9F3N2O2/c1-4(2)13-6(14)3-5(8(9,10)11)12-7(13)15/h3-4H,1-2H3,(H,12,15). The molecule has 1 aromatic rings. The van der Waals surface area contributed by atoms with E-state index >= 15 is 0 Å². The van der Waals surface area contributed by atoms with Crippen LogP contribution in [0.15, 0.2) is 15.7 Å². The van der Waals surface area contributed by atoms with E-state index in [1.807, 2.05) is 0 Å². The summed E-state index contributed by atoms with van der Waals surface area (Å²) in [7, 11) is 0. The second-order valence-corrected chi connectivity index (χ2v) is 3.29. The van der Waals surface area contributed by atoms with Crippen LogP contribution in [0.1, 0.15) is 25.6 Å². The topological polar surface area (TPSA) is 54.9 Å². The van der Waals surface area contributed by atoms with E-state index in [0.29, 0.717) is 6.07 Å². The number of halogens is 3. The van der Waals surface area contributed by atoms with Gasteiger partial charge in [-0.05, 0) is 13.8 Å². The molecule has 0 atom stereocenters. The Kier molecular flexibility index (Phi) is 2.74. The van der Waals surface area contributed by atoms with Crippen molar-refractivity contribution in [2.24, 2.45) is 0 Å². The second-order valence-electron chi connectivity index (χ2n) is 3.29. The van der Waals surface area contributed by atoms with Crippen LogP contribution in [0.25, 0.3) is 0 Å². The molecule has 4 nitrogen and oxygen atoms in total. The molecule has 0 aliphatic heterocycles. The molecule has 1 aromatic heterocycles. The molecule has 0 amide bonds. The van der Waals surface area contributed by atoms with Gasteiger partial charge in [0.2, 0.25) is 0 Å². The molecule has 1 rings (SSSR count). The Balaban J connectivity index is 3.47. The predicted octanol–water partition coefficient (Wildman–Crippen LogP) is 1.14. The lowest BCUT2D eigenvalue weighted by Crippen LogP contribution is -2.38. The minimum absolute atomic E-state index is 0.376. The Labute approximate surface area is 82.4 Å². The fraction of sp³-hybridized carbons (Fsp3) is 0.500. The maximum atomic E-state index is 12.2. The third-order valence-electron chi connectivity index (χ3n) is 1.79. The number of H-pyrrole nitrogens is 1. The lowest BCUT2D eigenvalue weighted by molar-refractivity contribution is -0.141. The predicted molar refractivity (Wildman–Crippen MR) is 46.7 cm³/mol. The lowest BCUT2D eigenvalue weighted by atomic mass is 10.3. The number of hydrogen-bond acceptors (Lipinski definition) is 2. The summed E-state index contributed by atoms with van der Waals surface area (Å²) in [6, 6.07) is -0.106. The van der Waals surface area contributed by atoms with Gasteiger partial charge in [0.25, 0.3) is 5.56 Å². The van der Waals surface area contributed by atoms with Crippen LogP contribution in [0.4, 0.5) is 13.2 Å². The highest BCUT2D eigenvalue weighted by molar-refractivity contribution is 5.04. The van der Waals surface area contributed by atoms with Crippen molar-refractivity contribution in [2.45, 2.75) is 26.1 Å². The van der Waals surface area contributed by atoms with Gasteiger partial charge in [0.15, 0.2) is 0 Å². The van der Waals surface area contributed by atoms with Gasteiger partial charge in [-0.25, -0.2) is 4.79 Å². The summed E-state index contributed by atoms with van der Waals surface area (Å²) in [6.07, 6.45) is -4.71. The van der Waals surface area contributed by atoms with Crippen molar-refractivity contribution < 1.29 is 13.2 Å². The molecular weight excluding hydrogens is 213 g/mol. The third-order valence-corrected chi connectivity index (χ3v) is 1.79. The van der Waals surface area contributed by atoms with Crippen molar-refractivity contribution in [2.75, 3.05) is 0 Å². The van der Waals surface area contributed by atoms with Crippen LogP contribution in [-0.4, -0.2) is 9.55 Å². The third kappa shape index (κ3) is 2.28. The molecule has 1 heterocycles. The molecule has 0 bridgehead atoms. The first-order chi connectivity index (χ1) is 6.73. The van der Waals surface area contributed by atoms with Crippen LogP contribution in [0.3, 0.4) is 0 Å². The summed E-state index contributed by atoms with van der Waals surface area (Å²) in [5.41, 5.74) is -3.33. The second kappa shape index (κ2) is 3.56. The molecule has 84 valence electrons. The van der Waals surface area contributed by atoms with Gasteiger partial charge in [0.05, 0.1) is 0 Å². The highest BCUT2D eigenvalue weighted by Gasteiger charge is 2.33. The molecule has 0 spiro atoms. The van der Waals surface area contributed by atoms with E-state index in [4.69, 9.17) is 0 Å². The van der Waals surface area contributed by atoms with Crippen LogP contribution in [0.2, 0.25) is 0 Å². The molecule has 0 saturated carbocycles. The molecule has 7 heteroatoms. The summed E-state index contributed by atoms with van der Waals surface area (Å²) in [6.45, 7) is 3.06. The number of rotatable bonds is 1. The monoisotopic (exact) mass is 222 g/mol. The van der Waals surface area contributed by atoms with E-state index in [1.165, 1.54) is 13.8 Å². The molecule has 15 heavy (non-hydrogen) atoms. The van der Waals surface area contributed by atoms with Gasteiger partial charge in [-0.15, -0.1) is 0 Å². The molecule has 0 aromatic carbocycles. The summed E-state index contributed by atoms with van der Waals surface area (Å²) < 4.78 is 37.2. The van der Waals surface area contributed by atoms with Gasteiger partial charge in [-0.3, -0.25) is 9.36 Å². The molecule has 0 unspecified atom stereocenters. The average molecular weight is 222 g/mol. The lowest BCUT2D eigenvalue weighted by Gasteiger charge is -2.10. The SMILES string of the molecule is CC(C)n1c(=O)cc(C(F)(F)F)[nH]c1=O. The van der Waals surface area contributed by atoms with E-state index in [1.54, 1.807) is 4.98 Å². The van der Waals surface area contributed by atoms with Gasteiger partial charge < -0.3 is 4.98 Å². The van der Waals surface area contributed by atoms with Crippen molar-refractivity contribution in [3.05, 3.63) is 32.6 Å². The molecule has 0 saturated heterocycles. The largest absolute Gasteiger partial charge is 0.431 e. The van der Waals surface area contributed by atoms with Crippen molar-refractivity contribution in [3.63, 3.8) is 0 Å². The van der Waals surface area contributed by atoms with Crippen molar-refractivity contribution >= 4 is 0 Å². The Morgan fingerprint density at radius 1 is 1.33 bits per heavy atom. The molecule has 0 fully saturated rings. The van der Waals surface area contributed by atoms with Gasteiger partial charge in [-0.1, -0.05) is 0 Å². The molecule has 0 aliphatic rings. The summed E-state index contributed by atoms with van der Waals surface area (Å²) in [5, 5.41) is 0. The number of nitrogens with zero attached hydrogens (tertiary/aromatic N) is 1. The number of hydrogen-bond donors (Lipinski definition) is 1. The zero-order chi connectivity index (χ0) is 11.8. The highest BCUT2D eigenvalue weighted by atomic mass is 19.4. The number of aromatic amines is 1. The van der Waals surface area contributed by atoms with Crippen LogP contribution in [0.5, 0.6) is 0 Å². The number of alkyl halides is 3. The van der Waals surface area contributed by atoms with E-state index in [-0.39, 0.29) is 0 Å². The van der Waals surface area contributed by atoms with Crippen LogP contribution >= 0.6 is 0 Å². The minimum atomic E-state index is -4.71. The molecule has 1 N–H and O–H groups in total. The minimum Gasteiger partial charge on any atom is -0.303 e. The van der Waals surface area contributed by atoms with Gasteiger partial charge in [-0.2, -0.15) is 13.2 Å². The number of nitrogens with one attached hydrogen (secondary N) is 1. The quantitative estimate of drug-likeness (QED) is 0.774. The van der Waals surface area contributed by atoms with Crippen molar-refractivity contribution in [1.29, 1.82) is 0 Å². The van der Waals surface area contributed by atoms with E-state index < -0.39 is 29.2 Å². The summed E-state index contributed by atoms with van der Waals surface area (Å²) >= 11 is 0. The summed E-state index contributed by atoms with van der Waals surface area (Å²) in [5.74, 6) is 0. The smallest absolute Gasteiger partial charge is 0.303 e. The average Bonchev–Trinajstić information content (AvgIpc) is 1.99. The zero-order valence-corrected chi connectivity index (χ0v) is 8.05. The van der Waals surface area contributed by atoms with Gasteiger partial charge >= 0.3 is 11.9 Å². The van der Waals surface area contributed by atoms with Gasteiger partial charge in [0, 0.05) is 12.1 Å².